The number of rotatable bonds is 7. The first-order valence-electron chi connectivity index (χ1n) is 18.6. The molecule has 0 aliphatic heterocycles. The Hall–Kier alpha value is -5.27. The van der Waals surface area contributed by atoms with Gasteiger partial charge < -0.3 is 4.90 Å². The minimum absolute atomic E-state index is 0.205. The van der Waals surface area contributed by atoms with Crippen LogP contribution in [0.15, 0.2) is 164 Å². The van der Waals surface area contributed by atoms with Crippen LogP contribution in [-0.4, -0.2) is 47.1 Å². The largest absolute Gasteiger partial charge is 0.310 e. The van der Waals surface area contributed by atoms with Crippen molar-refractivity contribution in [1.29, 1.82) is 0 Å². The van der Waals surface area contributed by atoms with Gasteiger partial charge in [-0.3, -0.25) is 0 Å². The average Bonchev–Trinajstić information content (AvgIpc) is 3.62. The molecular formula is C48H33B6N. The number of anilines is 3. The van der Waals surface area contributed by atoms with Crippen LogP contribution in [0.3, 0.4) is 0 Å². The van der Waals surface area contributed by atoms with Gasteiger partial charge >= 0.3 is 0 Å². The standard InChI is InChI=1S/C48H33B6N/c1-45(2)40-18-10-9-16-37(40)38-26-24-34(28-42(38)45)55(33-22-20-31(21-23-33)30-12-5-3-6-13-30)35-25-27-39-43(29-35)46(47(49,50)51,48(52,53)54)41-19-11-17-36(44(39)41)32-14-7-4-8-15-32/h3-29H,1-2H3. The van der Waals surface area contributed by atoms with Crippen molar-refractivity contribution >= 4 is 64.1 Å². The van der Waals surface area contributed by atoms with Gasteiger partial charge in [-0.2, -0.15) is 0 Å². The Labute approximate surface area is 333 Å². The van der Waals surface area contributed by atoms with Crippen LogP contribution in [0.5, 0.6) is 0 Å². The summed E-state index contributed by atoms with van der Waals surface area (Å²) < 4.78 is 0. The van der Waals surface area contributed by atoms with E-state index in [2.05, 4.69) is 146 Å². The van der Waals surface area contributed by atoms with E-state index in [4.69, 9.17) is 47.1 Å². The van der Waals surface area contributed by atoms with Crippen LogP contribution < -0.4 is 4.90 Å². The number of fused-ring (bicyclic) bond motifs is 6. The molecule has 7 aromatic rings. The molecule has 0 bridgehead atoms. The summed E-state index contributed by atoms with van der Waals surface area (Å²) in [4.78, 5) is 2.25. The maximum absolute atomic E-state index is 6.84. The van der Waals surface area contributed by atoms with Crippen LogP contribution in [0, 0.1) is 0 Å². The maximum atomic E-state index is 6.84. The summed E-state index contributed by atoms with van der Waals surface area (Å²) in [7, 11) is 41.0. The summed E-state index contributed by atoms with van der Waals surface area (Å²) in [6.45, 7) is 4.58. The Morgan fingerprint density at radius 1 is 0.382 bits per heavy atom. The molecule has 0 fully saturated rings. The fourth-order valence-electron chi connectivity index (χ4n) is 9.38. The molecule has 0 unspecified atom stereocenters. The second-order valence-electron chi connectivity index (χ2n) is 15.6. The summed E-state index contributed by atoms with van der Waals surface area (Å²) in [6, 6.07) is 56.7. The van der Waals surface area contributed by atoms with Crippen molar-refractivity contribution in [3.8, 4) is 44.5 Å². The first-order valence-corrected chi connectivity index (χ1v) is 18.6. The monoisotopic (exact) mass is 689 g/mol. The molecule has 12 radical (unpaired) electrons. The topological polar surface area (TPSA) is 3.24 Å². The summed E-state index contributed by atoms with van der Waals surface area (Å²) >= 11 is 0. The van der Waals surface area contributed by atoms with Crippen LogP contribution >= 0.6 is 0 Å². The molecule has 0 amide bonds. The highest BCUT2D eigenvalue weighted by Gasteiger charge is 2.55. The van der Waals surface area contributed by atoms with E-state index in [0.29, 0.717) is 11.1 Å². The lowest BCUT2D eigenvalue weighted by atomic mass is 9.18. The predicted octanol–water partition coefficient (Wildman–Crippen LogP) is 10.2. The van der Waals surface area contributed by atoms with Crippen molar-refractivity contribution < 1.29 is 0 Å². The minimum atomic E-state index is -1.97. The maximum Gasteiger partial charge on any atom is 0.0522 e. The smallest absolute Gasteiger partial charge is 0.0522 e. The lowest BCUT2D eigenvalue weighted by Crippen LogP contribution is -2.52. The summed E-state index contributed by atoms with van der Waals surface area (Å²) in [5.41, 5.74) is 13.4. The van der Waals surface area contributed by atoms with Crippen LogP contribution in [-0.2, 0) is 10.8 Å². The van der Waals surface area contributed by atoms with E-state index < -0.39 is 15.6 Å². The normalized spacial score (nSPS) is 14.7. The highest BCUT2D eigenvalue weighted by molar-refractivity contribution is 6.66. The van der Waals surface area contributed by atoms with Gasteiger partial charge in [-0.15, -0.1) is 10.2 Å². The van der Waals surface area contributed by atoms with Gasteiger partial charge in [-0.05, 0) is 109 Å². The number of benzene rings is 7. The minimum Gasteiger partial charge on any atom is -0.310 e. The van der Waals surface area contributed by atoms with Crippen molar-refractivity contribution in [3.63, 3.8) is 0 Å². The van der Waals surface area contributed by atoms with E-state index in [-0.39, 0.29) is 5.41 Å². The van der Waals surface area contributed by atoms with Gasteiger partial charge in [0.2, 0.25) is 0 Å². The molecule has 55 heavy (non-hydrogen) atoms. The highest BCUT2D eigenvalue weighted by atomic mass is 15.1. The zero-order valence-electron chi connectivity index (χ0n) is 31.0. The molecular weight excluding hydrogens is 655 g/mol. The molecule has 1 nitrogen and oxygen atoms in total. The van der Waals surface area contributed by atoms with Crippen molar-refractivity contribution in [2.45, 2.75) is 34.9 Å². The van der Waals surface area contributed by atoms with Gasteiger partial charge in [0.05, 0.1) is 47.1 Å². The van der Waals surface area contributed by atoms with Gasteiger partial charge in [-0.25, -0.2) is 0 Å². The molecule has 0 spiro atoms. The Morgan fingerprint density at radius 3 is 1.49 bits per heavy atom. The molecule has 2 aliphatic carbocycles. The first kappa shape index (κ1) is 35.4. The molecule has 2 aliphatic rings. The first-order chi connectivity index (χ1) is 26.3. The van der Waals surface area contributed by atoms with Gasteiger partial charge in [0.1, 0.15) is 0 Å². The van der Waals surface area contributed by atoms with Crippen LogP contribution in [0.25, 0.3) is 44.5 Å². The van der Waals surface area contributed by atoms with Gasteiger partial charge in [0.25, 0.3) is 0 Å². The third-order valence-electron chi connectivity index (χ3n) is 11.8. The molecule has 0 aromatic heterocycles. The SMILES string of the molecule is [B]C([B])([B])C1(C([B])([B])[B])c2cc(N(c3ccc(-c4ccccc4)cc3)c3ccc4c(c3)C(C)(C)c3ccccc3-4)ccc2-c2c(-c3ccccc3)cccc21. The summed E-state index contributed by atoms with van der Waals surface area (Å²) in [6.07, 6.45) is 0. The Balaban J connectivity index is 1.29. The van der Waals surface area contributed by atoms with Crippen molar-refractivity contribution in [2.75, 3.05) is 4.90 Å². The molecule has 0 saturated carbocycles. The molecule has 7 heteroatoms. The van der Waals surface area contributed by atoms with Gasteiger partial charge in [0.15, 0.2) is 0 Å². The van der Waals surface area contributed by atoms with E-state index in [1.165, 1.54) is 22.3 Å². The predicted molar refractivity (Wildman–Crippen MR) is 236 cm³/mol. The molecule has 0 atom stereocenters. The van der Waals surface area contributed by atoms with Crippen molar-refractivity contribution in [3.05, 3.63) is 186 Å². The van der Waals surface area contributed by atoms with Crippen molar-refractivity contribution in [1.82, 2.24) is 0 Å². The van der Waals surface area contributed by atoms with E-state index in [0.717, 1.165) is 50.4 Å². The zero-order chi connectivity index (χ0) is 38.3. The van der Waals surface area contributed by atoms with Crippen LogP contribution in [0.4, 0.5) is 17.1 Å². The third-order valence-corrected chi connectivity index (χ3v) is 11.8. The Bertz CT molecular complexity index is 2570. The second-order valence-corrected chi connectivity index (χ2v) is 15.6. The highest BCUT2D eigenvalue weighted by Crippen LogP contribution is 2.66. The van der Waals surface area contributed by atoms with E-state index >= 15 is 0 Å². The van der Waals surface area contributed by atoms with E-state index in [1.807, 2.05) is 36.4 Å². The van der Waals surface area contributed by atoms with Crippen LogP contribution in [0.2, 0.25) is 10.2 Å². The molecule has 0 N–H and O–H groups in total. The number of hydrogen-bond donors (Lipinski definition) is 0. The number of nitrogens with zero attached hydrogens (tertiary/aromatic N) is 1. The zero-order valence-corrected chi connectivity index (χ0v) is 31.0. The van der Waals surface area contributed by atoms with Gasteiger partial charge in [-0.1, -0.05) is 141 Å². The fraction of sp³-hybridized carbons (Fsp3) is 0.125. The lowest BCUT2D eigenvalue weighted by molar-refractivity contribution is 0.533. The summed E-state index contributed by atoms with van der Waals surface area (Å²) in [5, 5.41) is -3.94. The van der Waals surface area contributed by atoms with E-state index in [9.17, 15) is 0 Å². The molecule has 248 valence electrons. The van der Waals surface area contributed by atoms with E-state index in [1.54, 1.807) is 0 Å². The Morgan fingerprint density at radius 2 is 0.855 bits per heavy atom. The summed E-state index contributed by atoms with van der Waals surface area (Å²) in [5.74, 6) is 0. The third kappa shape index (κ3) is 5.30. The second kappa shape index (κ2) is 12.6. The molecule has 0 heterocycles. The van der Waals surface area contributed by atoms with Gasteiger partial charge in [0, 0.05) is 22.5 Å². The lowest BCUT2D eigenvalue weighted by Gasteiger charge is -2.56. The van der Waals surface area contributed by atoms with Crippen LogP contribution in [0.1, 0.15) is 36.1 Å². The van der Waals surface area contributed by atoms with Crippen molar-refractivity contribution in [2.24, 2.45) is 0 Å². The fourth-order valence-corrected chi connectivity index (χ4v) is 9.38. The molecule has 9 rings (SSSR count). The quantitative estimate of drug-likeness (QED) is 0.151. The number of hydrogen-bond acceptors (Lipinski definition) is 1. The molecule has 0 saturated heterocycles. The average molecular weight is 689 g/mol. The Kier molecular flexibility index (Phi) is 8.14. The molecule has 7 aromatic carbocycles.